The molecule has 2 saturated heterocycles. The molecule has 1 aromatic carbocycles. The quantitative estimate of drug-likeness (QED) is 0.388. The Bertz CT molecular complexity index is 849. The molecule has 2 fully saturated rings. The standard InChI is InChI=1S/C22H37N5O3S2/c1-3-27(4-2)32(28,29)19-8-9-21(26-12-5-6-13-26)20(18-19)24-22(31)23-10-7-11-25-14-16-30-17-15-25/h8-9,18H,3-7,10-17H2,1-2H3,(H2,23,24,31). The van der Waals surface area contributed by atoms with Crippen molar-refractivity contribution >= 4 is 38.7 Å². The van der Waals surface area contributed by atoms with Crippen LogP contribution in [0.2, 0.25) is 0 Å². The SMILES string of the molecule is CCN(CC)S(=O)(=O)c1ccc(N2CCCC2)c(NC(=S)NCCCN2CCOCC2)c1. The third-order valence-corrected chi connectivity index (χ3v) is 8.34. The molecular formula is C22H37N5O3S2. The Kier molecular flexibility index (Phi) is 9.54. The number of hydrogen-bond acceptors (Lipinski definition) is 6. The second-order valence-corrected chi connectivity index (χ2v) is 10.5. The third kappa shape index (κ3) is 6.54. The number of morpholine rings is 1. The summed E-state index contributed by atoms with van der Waals surface area (Å²) in [6.07, 6.45) is 3.27. The van der Waals surface area contributed by atoms with Gasteiger partial charge in [-0.2, -0.15) is 4.31 Å². The molecule has 0 amide bonds. The number of ether oxygens (including phenoxy) is 1. The predicted octanol–water partition coefficient (Wildman–Crippen LogP) is 2.33. The zero-order valence-corrected chi connectivity index (χ0v) is 20.9. The zero-order valence-electron chi connectivity index (χ0n) is 19.3. The number of nitrogens with one attached hydrogen (secondary N) is 2. The number of rotatable bonds is 10. The lowest BCUT2D eigenvalue weighted by Gasteiger charge is -2.26. The lowest BCUT2D eigenvalue weighted by molar-refractivity contribution is 0.0376. The van der Waals surface area contributed by atoms with Crippen molar-refractivity contribution in [1.82, 2.24) is 14.5 Å². The highest BCUT2D eigenvalue weighted by Crippen LogP contribution is 2.32. The Labute approximate surface area is 198 Å². The normalized spacial score (nSPS) is 17.7. The van der Waals surface area contributed by atoms with E-state index in [1.165, 1.54) is 4.31 Å². The van der Waals surface area contributed by atoms with Gasteiger partial charge in [-0.3, -0.25) is 4.90 Å². The first-order valence-electron chi connectivity index (χ1n) is 11.7. The van der Waals surface area contributed by atoms with Gasteiger partial charge < -0.3 is 20.3 Å². The average Bonchev–Trinajstić information content (AvgIpc) is 3.33. The fourth-order valence-electron chi connectivity index (χ4n) is 4.22. The number of thiocarbonyl (C=S) groups is 1. The highest BCUT2D eigenvalue weighted by molar-refractivity contribution is 7.89. The number of hydrogen-bond donors (Lipinski definition) is 2. The maximum Gasteiger partial charge on any atom is 0.243 e. The summed E-state index contributed by atoms with van der Waals surface area (Å²) in [6, 6.07) is 5.35. The van der Waals surface area contributed by atoms with Gasteiger partial charge in [0, 0.05) is 45.8 Å². The molecule has 0 unspecified atom stereocenters. The van der Waals surface area contributed by atoms with Crippen LogP contribution in [0, 0.1) is 0 Å². The number of anilines is 2. The van der Waals surface area contributed by atoms with Crippen molar-refractivity contribution in [2.24, 2.45) is 0 Å². The first-order chi connectivity index (χ1) is 15.5. The highest BCUT2D eigenvalue weighted by atomic mass is 32.2. The average molecular weight is 484 g/mol. The molecule has 8 nitrogen and oxygen atoms in total. The number of nitrogens with zero attached hydrogens (tertiary/aromatic N) is 3. The Morgan fingerprint density at radius 2 is 1.81 bits per heavy atom. The molecular weight excluding hydrogens is 446 g/mol. The molecule has 0 aliphatic carbocycles. The Morgan fingerprint density at radius 3 is 2.47 bits per heavy atom. The van der Waals surface area contributed by atoms with Crippen LogP contribution in [0.25, 0.3) is 0 Å². The summed E-state index contributed by atoms with van der Waals surface area (Å²) in [6.45, 7) is 11.9. The Balaban J connectivity index is 1.67. The van der Waals surface area contributed by atoms with Crippen LogP contribution in [-0.2, 0) is 14.8 Å². The van der Waals surface area contributed by atoms with Crippen LogP contribution in [0.5, 0.6) is 0 Å². The molecule has 2 heterocycles. The monoisotopic (exact) mass is 483 g/mol. The van der Waals surface area contributed by atoms with Crippen LogP contribution < -0.4 is 15.5 Å². The minimum Gasteiger partial charge on any atom is -0.379 e. The van der Waals surface area contributed by atoms with Gasteiger partial charge in [0.15, 0.2) is 5.11 Å². The van der Waals surface area contributed by atoms with Gasteiger partial charge in [-0.1, -0.05) is 13.8 Å². The molecule has 0 radical (unpaired) electrons. The number of benzene rings is 1. The number of sulfonamides is 1. The summed E-state index contributed by atoms with van der Waals surface area (Å²) in [5.41, 5.74) is 1.74. The van der Waals surface area contributed by atoms with E-state index in [-0.39, 0.29) is 0 Å². The predicted molar refractivity (Wildman–Crippen MR) is 134 cm³/mol. The first kappa shape index (κ1) is 25.2. The van der Waals surface area contributed by atoms with E-state index in [9.17, 15) is 8.42 Å². The van der Waals surface area contributed by atoms with E-state index in [1.807, 2.05) is 19.9 Å². The molecule has 3 rings (SSSR count). The largest absolute Gasteiger partial charge is 0.379 e. The van der Waals surface area contributed by atoms with Crippen molar-refractivity contribution < 1.29 is 13.2 Å². The second kappa shape index (κ2) is 12.1. The molecule has 0 aromatic heterocycles. The van der Waals surface area contributed by atoms with Crippen molar-refractivity contribution in [3.8, 4) is 0 Å². The van der Waals surface area contributed by atoms with Crippen molar-refractivity contribution in [3.63, 3.8) is 0 Å². The van der Waals surface area contributed by atoms with Gasteiger partial charge in [0.25, 0.3) is 0 Å². The smallest absolute Gasteiger partial charge is 0.243 e. The molecule has 180 valence electrons. The molecule has 2 aliphatic rings. The van der Waals surface area contributed by atoms with Crippen molar-refractivity contribution in [1.29, 1.82) is 0 Å². The maximum absolute atomic E-state index is 13.0. The van der Waals surface area contributed by atoms with Crippen LogP contribution in [-0.4, -0.2) is 88.3 Å². The fraction of sp³-hybridized carbons (Fsp3) is 0.682. The summed E-state index contributed by atoms with van der Waals surface area (Å²) in [4.78, 5) is 4.98. The fourth-order valence-corrected chi connectivity index (χ4v) is 5.91. The van der Waals surface area contributed by atoms with Crippen LogP contribution in [0.3, 0.4) is 0 Å². The topological polar surface area (TPSA) is 77.2 Å². The summed E-state index contributed by atoms with van der Waals surface area (Å²) in [5, 5.41) is 7.07. The van der Waals surface area contributed by atoms with Crippen LogP contribution >= 0.6 is 12.2 Å². The van der Waals surface area contributed by atoms with E-state index in [0.29, 0.717) is 23.1 Å². The van der Waals surface area contributed by atoms with E-state index in [2.05, 4.69) is 20.4 Å². The lowest BCUT2D eigenvalue weighted by Crippen LogP contribution is -2.38. The highest BCUT2D eigenvalue weighted by Gasteiger charge is 2.24. The van der Waals surface area contributed by atoms with Gasteiger partial charge in [-0.15, -0.1) is 0 Å². The molecule has 10 heteroatoms. The van der Waals surface area contributed by atoms with Crippen molar-refractivity contribution in [2.75, 3.05) is 75.8 Å². The maximum atomic E-state index is 13.0. The third-order valence-electron chi connectivity index (χ3n) is 6.05. The van der Waals surface area contributed by atoms with Crippen molar-refractivity contribution in [2.45, 2.75) is 38.0 Å². The van der Waals surface area contributed by atoms with E-state index >= 15 is 0 Å². The first-order valence-corrected chi connectivity index (χ1v) is 13.5. The second-order valence-electron chi connectivity index (χ2n) is 8.15. The summed E-state index contributed by atoms with van der Waals surface area (Å²) < 4.78 is 33.0. The van der Waals surface area contributed by atoms with Crippen LogP contribution in [0.1, 0.15) is 33.1 Å². The molecule has 0 bridgehead atoms. The van der Waals surface area contributed by atoms with Gasteiger partial charge in [-0.05, 0) is 56.2 Å². The van der Waals surface area contributed by atoms with Gasteiger partial charge in [0.2, 0.25) is 10.0 Å². The van der Waals surface area contributed by atoms with E-state index in [4.69, 9.17) is 17.0 Å². The Morgan fingerprint density at radius 1 is 1.12 bits per heavy atom. The van der Waals surface area contributed by atoms with E-state index in [0.717, 1.165) is 83.1 Å². The van der Waals surface area contributed by atoms with Gasteiger partial charge in [0.1, 0.15) is 0 Å². The van der Waals surface area contributed by atoms with Gasteiger partial charge in [-0.25, -0.2) is 8.42 Å². The Hall–Kier alpha value is -1.46. The summed E-state index contributed by atoms with van der Waals surface area (Å²) in [5.74, 6) is 0. The molecule has 2 N–H and O–H groups in total. The van der Waals surface area contributed by atoms with Crippen LogP contribution in [0.4, 0.5) is 11.4 Å². The summed E-state index contributed by atoms with van der Waals surface area (Å²) >= 11 is 5.54. The van der Waals surface area contributed by atoms with Gasteiger partial charge >= 0.3 is 0 Å². The lowest BCUT2D eigenvalue weighted by atomic mass is 10.2. The summed E-state index contributed by atoms with van der Waals surface area (Å²) in [7, 11) is -3.54. The minimum absolute atomic E-state index is 0.293. The molecule has 32 heavy (non-hydrogen) atoms. The minimum atomic E-state index is -3.54. The van der Waals surface area contributed by atoms with Gasteiger partial charge in [0.05, 0.1) is 29.5 Å². The molecule has 0 atom stereocenters. The molecule has 0 spiro atoms. The zero-order chi connectivity index (χ0) is 23.0. The van der Waals surface area contributed by atoms with Crippen LogP contribution in [0.15, 0.2) is 23.1 Å². The molecule has 1 aromatic rings. The molecule has 2 aliphatic heterocycles. The van der Waals surface area contributed by atoms with E-state index < -0.39 is 10.0 Å². The molecule has 0 saturated carbocycles. The van der Waals surface area contributed by atoms with Crippen molar-refractivity contribution in [3.05, 3.63) is 18.2 Å². The van der Waals surface area contributed by atoms with E-state index in [1.54, 1.807) is 12.1 Å².